The third-order valence-corrected chi connectivity index (χ3v) is 4.62. The number of aromatic nitrogens is 2. The minimum atomic E-state index is -4.72. The number of nitro benzene ring substituents is 1. The quantitative estimate of drug-likeness (QED) is 0.451. The van der Waals surface area contributed by atoms with Gasteiger partial charge in [-0.3, -0.25) is 24.0 Å². The van der Waals surface area contributed by atoms with E-state index in [0.717, 1.165) is 10.6 Å². The summed E-state index contributed by atoms with van der Waals surface area (Å²) < 4.78 is 41.7. The molecule has 0 radical (unpaired) electrons. The van der Waals surface area contributed by atoms with Gasteiger partial charge in [0.25, 0.3) is 5.69 Å². The van der Waals surface area contributed by atoms with Gasteiger partial charge in [0.1, 0.15) is 13.1 Å². The van der Waals surface area contributed by atoms with Crippen molar-refractivity contribution in [3.8, 4) is 0 Å². The first kappa shape index (κ1) is 21.1. The Balaban J connectivity index is 1.96. The highest BCUT2D eigenvalue weighted by Crippen LogP contribution is 2.23. The highest BCUT2D eigenvalue weighted by atomic mass is 19.4. The van der Waals surface area contributed by atoms with Gasteiger partial charge in [-0.05, 0) is 12.1 Å². The molecule has 11 heteroatoms. The molecule has 2 aromatic carbocycles. The van der Waals surface area contributed by atoms with Crippen LogP contribution in [0.2, 0.25) is 0 Å². The van der Waals surface area contributed by atoms with E-state index in [0.29, 0.717) is 15.9 Å². The van der Waals surface area contributed by atoms with Gasteiger partial charge in [0, 0.05) is 18.7 Å². The largest absolute Gasteiger partial charge is 0.406 e. The zero-order valence-corrected chi connectivity index (χ0v) is 15.8. The number of carbonyl (C=O) groups excluding carboxylic acids is 1. The van der Waals surface area contributed by atoms with Crippen molar-refractivity contribution in [2.45, 2.75) is 19.3 Å². The van der Waals surface area contributed by atoms with Crippen molar-refractivity contribution in [2.24, 2.45) is 7.05 Å². The standard InChI is InChI=1S/C19H17F3N4O4/c1-23-15-8-4-5-9-16(15)25(18(23)28)11-17(27)24(12-19(20,21)22)10-13-6-2-3-7-14(13)26(29)30/h2-9H,10-12H2,1H3. The summed E-state index contributed by atoms with van der Waals surface area (Å²) in [5, 5.41) is 11.2. The van der Waals surface area contributed by atoms with E-state index in [2.05, 4.69) is 0 Å². The molecule has 158 valence electrons. The molecule has 1 amide bonds. The molecule has 3 rings (SSSR count). The minimum absolute atomic E-state index is 0.0367. The Labute approximate surface area is 167 Å². The van der Waals surface area contributed by atoms with Crippen LogP contribution in [0.1, 0.15) is 5.56 Å². The van der Waals surface area contributed by atoms with E-state index in [1.807, 2.05) is 0 Å². The fourth-order valence-corrected chi connectivity index (χ4v) is 3.23. The van der Waals surface area contributed by atoms with Crippen LogP contribution < -0.4 is 5.69 Å². The van der Waals surface area contributed by atoms with E-state index in [-0.39, 0.29) is 11.3 Å². The van der Waals surface area contributed by atoms with Crippen molar-refractivity contribution in [3.63, 3.8) is 0 Å². The van der Waals surface area contributed by atoms with Crippen molar-refractivity contribution in [1.29, 1.82) is 0 Å². The van der Waals surface area contributed by atoms with Crippen LogP contribution in [0.3, 0.4) is 0 Å². The highest BCUT2D eigenvalue weighted by Gasteiger charge is 2.34. The van der Waals surface area contributed by atoms with E-state index in [4.69, 9.17) is 0 Å². The SMILES string of the molecule is Cn1c(=O)n(CC(=O)N(Cc2ccccc2[N+](=O)[O-])CC(F)(F)F)c2ccccc21. The van der Waals surface area contributed by atoms with Crippen molar-refractivity contribution < 1.29 is 22.9 Å². The molecule has 0 saturated carbocycles. The summed E-state index contributed by atoms with van der Waals surface area (Å²) in [6, 6.07) is 11.8. The fraction of sp³-hybridized carbons (Fsp3) is 0.263. The van der Waals surface area contributed by atoms with Gasteiger partial charge in [0.05, 0.1) is 22.5 Å². The number of halogens is 3. The number of hydrogen-bond acceptors (Lipinski definition) is 4. The summed E-state index contributed by atoms with van der Waals surface area (Å²) in [4.78, 5) is 36.2. The Morgan fingerprint density at radius 3 is 2.33 bits per heavy atom. The molecule has 0 aliphatic rings. The third kappa shape index (κ3) is 4.34. The molecule has 3 aromatic rings. The van der Waals surface area contributed by atoms with Crippen molar-refractivity contribution in [1.82, 2.24) is 14.0 Å². The van der Waals surface area contributed by atoms with Gasteiger partial charge in [-0.25, -0.2) is 4.79 Å². The van der Waals surface area contributed by atoms with Crippen LogP contribution in [0, 0.1) is 10.1 Å². The Bertz CT molecular complexity index is 1170. The number of imidazole rings is 1. The summed E-state index contributed by atoms with van der Waals surface area (Å²) in [6.45, 7) is -2.84. The Kier molecular flexibility index (Phi) is 5.63. The second-order valence-electron chi connectivity index (χ2n) is 6.67. The first-order valence-corrected chi connectivity index (χ1v) is 8.79. The maximum atomic E-state index is 13.1. The average Bonchev–Trinajstić information content (AvgIpc) is 2.92. The first-order valence-electron chi connectivity index (χ1n) is 8.79. The van der Waals surface area contributed by atoms with Crippen LogP contribution >= 0.6 is 0 Å². The summed E-state index contributed by atoms with van der Waals surface area (Å²) in [6.07, 6.45) is -4.72. The first-order chi connectivity index (χ1) is 14.1. The summed E-state index contributed by atoms with van der Waals surface area (Å²) in [5.74, 6) is -0.982. The average molecular weight is 422 g/mol. The number of benzene rings is 2. The Morgan fingerprint density at radius 1 is 1.10 bits per heavy atom. The number of fused-ring (bicyclic) bond motifs is 1. The second kappa shape index (κ2) is 8.01. The molecule has 0 fully saturated rings. The fourth-order valence-electron chi connectivity index (χ4n) is 3.23. The predicted octanol–water partition coefficient (Wildman–Crippen LogP) is 2.84. The molecule has 0 bridgehead atoms. The number of para-hydroxylation sites is 3. The number of aryl methyl sites for hydroxylation is 1. The van der Waals surface area contributed by atoms with E-state index in [1.54, 1.807) is 24.3 Å². The summed E-state index contributed by atoms with van der Waals surface area (Å²) >= 11 is 0. The molecular weight excluding hydrogens is 405 g/mol. The van der Waals surface area contributed by atoms with Gasteiger partial charge in [0.2, 0.25) is 5.91 Å². The number of nitrogens with zero attached hydrogens (tertiary/aromatic N) is 4. The van der Waals surface area contributed by atoms with Crippen LogP contribution in [0.25, 0.3) is 11.0 Å². The summed E-state index contributed by atoms with van der Waals surface area (Å²) in [5.41, 5.74) is -0.0558. The smallest absolute Gasteiger partial charge is 0.327 e. The molecule has 0 aliphatic heterocycles. The lowest BCUT2D eigenvalue weighted by Gasteiger charge is -2.24. The Morgan fingerprint density at radius 2 is 1.70 bits per heavy atom. The molecule has 0 saturated heterocycles. The lowest BCUT2D eigenvalue weighted by molar-refractivity contribution is -0.385. The zero-order valence-electron chi connectivity index (χ0n) is 15.8. The summed E-state index contributed by atoms with van der Waals surface area (Å²) in [7, 11) is 1.49. The molecule has 0 N–H and O–H groups in total. The van der Waals surface area contributed by atoms with Crippen LogP contribution in [0.5, 0.6) is 0 Å². The normalized spacial score (nSPS) is 11.6. The second-order valence-corrected chi connectivity index (χ2v) is 6.67. The number of nitro groups is 1. The minimum Gasteiger partial charge on any atom is -0.327 e. The number of rotatable bonds is 6. The predicted molar refractivity (Wildman–Crippen MR) is 102 cm³/mol. The molecule has 0 spiro atoms. The number of carbonyl (C=O) groups is 1. The maximum absolute atomic E-state index is 13.1. The van der Waals surface area contributed by atoms with Crippen LogP contribution in [-0.4, -0.2) is 37.6 Å². The monoisotopic (exact) mass is 422 g/mol. The van der Waals surface area contributed by atoms with Gasteiger partial charge in [0.15, 0.2) is 0 Å². The van der Waals surface area contributed by atoms with Crippen molar-refractivity contribution >= 4 is 22.6 Å². The molecule has 8 nitrogen and oxygen atoms in total. The van der Waals surface area contributed by atoms with Gasteiger partial charge in [-0.15, -0.1) is 0 Å². The van der Waals surface area contributed by atoms with Gasteiger partial charge in [-0.1, -0.05) is 30.3 Å². The molecule has 1 heterocycles. The lowest BCUT2D eigenvalue weighted by Crippen LogP contribution is -2.41. The van der Waals surface area contributed by atoms with Crippen LogP contribution in [0.4, 0.5) is 18.9 Å². The molecule has 30 heavy (non-hydrogen) atoms. The topological polar surface area (TPSA) is 90.4 Å². The third-order valence-electron chi connectivity index (χ3n) is 4.62. The highest BCUT2D eigenvalue weighted by molar-refractivity contribution is 5.81. The van der Waals surface area contributed by atoms with Crippen LogP contribution in [-0.2, 0) is 24.9 Å². The van der Waals surface area contributed by atoms with Gasteiger partial charge in [-0.2, -0.15) is 13.2 Å². The van der Waals surface area contributed by atoms with E-state index >= 15 is 0 Å². The van der Waals surface area contributed by atoms with Gasteiger partial charge >= 0.3 is 11.9 Å². The number of amides is 1. The van der Waals surface area contributed by atoms with Crippen molar-refractivity contribution in [3.05, 3.63) is 74.7 Å². The zero-order chi connectivity index (χ0) is 22.1. The van der Waals surface area contributed by atoms with E-state index in [1.165, 1.54) is 29.8 Å². The van der Waals surface area contributed by atoms with E-state index in [9.17, 15) is 32.9 Å². The lowest BCUT2D eigenvalue weighted by atomic mass is 10.1. The van der Waals surface area contributed by atoms with Crippen LogP contribution in [0.15, 0.2) is 53.3 Å². The maximum Gasteiger partial charge on any atom is 0.406 e. The molecule has 0 atom stereocenters. The molecule has 0 unspecified atom stereocenters. The molecular formula is C19H17F3N4O4. The van der Waals surface area contributed by atoms with E-state index < -0.39 is 42.3 Å². The molecule has 0 aliphatic carbocycles. The molecule has 1 aromatic heterocycles. The van der Waals surface area contributed by atoms with Crippen molar-refractivity contribution in [2.75, 3.05) is 6.54 Å². The number of alkyl halides is 3. The number of hydrogen-bond donors (Lipinski definition) is 0. The Hall–Kier alpha value is -3.63. The van der Waals surface area contributed by atoms with Gasteiger partial charge < -0.3 is 4.90 Å².